The highest BCUT2D eigenvalue weighted by molar-refractivity contribution is 7.89. The number of hydrogen-bond acceptors (Lipinski definition) is 5. The summed E-state index contributed by atoms with van der Waals surface area (Å²) in [6, 6.07) is 7.06. The Kier molecular flexibility index (Phi) is 7.88. The fourth-order valence-corrected chi connectivity index (χ4v) is 4.87. The molecule has 148 valence electrons. The average Bonchev–Trinajstić information content (AvgIpc) is 3.06. The van der Waals surface area contributed by atoms with Crippen LogP contribution in [0.1, 0.15) is 26.7 Å². The molecule has 0 unspecified atom stereocenters. The van der Waals surface area contributed by atoms with E-state index in [0.29, 0.717) is 42.9 Å². The van der Waals surface area contributed by atoms with Crippen molar-refractivity contribution in [1.82, 2.24) is 14.1 Å². The number of rotatable bonds is 10. The van der Waals surface area contributed by atoms with Crippen LogP contribution in [0.5, 0.6) is 5.75 Å². The van der Waals surface area contributed by atoms with Crippen molar-refractivity contribution in [3.63, 3.8) is 0 Å². The topological polar surface area (TPSA) is 53.1 Å². The third kappa shape index (κ3) is 5.42. The highest BCUT2D eigenvalue weighted by Gasteiger charge is 2.31. The van der Waals surface area contributed by atoms with Crippen LogP contribution in [0.3, 0.4) is 0 Å². The van der Waals surface area contributed by atoms with Crippen molar-refractivity contribution in [1.29, 1.82) is 0 Å². The van der Waals surface area contributed by atoms with Crippen molar-refractivity contribution in [2.24, 2.45) is 0 Å². The summed E-state index contributed by atoms with van der Waals surface area (Å²) in [5.41, 5.74) is 0. The third-order valence-corrected chi connectivity index (χ3v) is 6.77. The highest BCUT2D eigenvalue weighted by atomic mass is 32.2. The van der Waals surface area contributed by atoms with Gasteiger partial charge in [0.15, 0.2) is 0 Å². The maximum Gasteiger partial charge on any atom is 0.243 e. The van der Waals surface area contributed by atoms with E-state index in [0.717, 1.165) is 25.9 Å². The Labute approximate surface area is 158 Å². The zero-order chi connectivity index (χ0) is 19.2. The molecule has 1 saturated heterocycles. The number of likely N-dealkylation sites (tertiary alicyclic amines) is 1. The second-order valence-corrected chi connectivity index (χ2v) is 8.93. The summed E-state index contributed by atoms with van der Waals surface area (Å²) in [4.78, 5) is 4.74. The minimum atomic E-state index is -3.52. The van der Waals surface area contributed by atoms with Gasteiger partial charge < -0.3 is 9.64 Å². The molecule has 0 N–H and O–H groups in total. The third-order valence-electron chi connectivity index (χ3n) is 4.89. The van der Waals surface area contributed by atoms with Crippen LogP contribution in [0, 0.1) is 0 Å². The molecular formula is C19H33N3O3S. The van der Waals surface area contributed by atoms with E-state index in [4.69, 9.17) is 4.74 Å². The molecule has 1 atom stereocenters. The normalized spacial score (nSPS) is 18.8. The lowest BCUT2D eigenvalue weighted by Gasteiger charge is -2.30. The van der Waals surface area contributed by atoms with Crippen LogP contribution in [0.2, 0.25) is 0 Å². The quantitative estimate of drug-likeness (QED) is 0.619. The highest BCUT2D eigenvalue weighted by Crippen LogP contribution is 2.23. The van der Waals surface area contributed by atoms with E-state index in [-0.39, 0.29) is 0 Å². The number of sulfonamides is 1. The van der Waals surface area contributed by atoms with E-state index in [1.54, 1.807) is 28.6 Å². The van der Waals surface area contributed by atoms with E-state index in [1.165, 1.54) is 0 Å². The lowest BCUT2D eigenvalue weighted by molar-refractivity contribution is 0.220. The first kappa shape index (κ1) is 21.2. The number of ether oxygens (including phenoxy) is 1. The predicted octanol–water partition coefficient (Wildman–Crippen LogP) is 2.12. The molecule has 0 saturated carbocycles. The lowest BCUT2D eigenvalue weighted by Crippen LogP contribution is -2.45. The van der Waals surface area contributed by atoms with Crippen LogP contribution in [-0.2, 0) is 10.0 Å². The molecule has 1 aromatic carbocycles. The molecule has 6 nitrogen and oxygen atoms in total. The van der Waals surface area contributed by atoms with E-state index in [2.05, 4.69) is 11.8 Å². The molecule has 0 aliphatic carbocycles. The van der Waals surface area contributed by atoms with E-state index >= 15 is 0 Å². The maximum atomic E-state index is 13.2. The molecule has 1 aliphatic rings. The molecule has 0 radical (unpaired) electrons. The van der Waals surface area contributed by atoms with E-state index in [1.807, 2.05) is 25.9 Å². The van der Waals surface area contributed by atoms with Crippen LogP contribution < -0.4 is 4.74 Å². The number of likely N-dealkylation sites (N-methyl/N-ethyl adjacent to an activating group) is 2. The van der Waals surface area contributed by atoms with Gasteiger partial charge in [-0.25, -0.2) is 8.42 Å². The summed E-state index contributed by atoms with van der Waals surface area (Å²) in [5.74, 6) is 0.694. The van der Waals surface area contributed by atoms with Gasteiger partial charge >= 0.3 is 0 Å². The van der Waals surface area contributed by atoms with E-state index in [9.17, 15) is 8.42 Å². The second-order valence-electron chi connectivity index (χ2n) is 7.00. The van der Waals surface area contributed by atoms with Crippen molar-refractivity contribution in [2.75, 3.05) is 53.4 Å². The number of benzene rings is 1. The summed E-state index contributed by atoms with van der Waals surface area (Å²) in [7, 11) is 0.413. The van der Waals surface area contributed by atoms with Gasteiger partial charge in [-0.2, -0.15) is 4.31 Å². The fourth-order valence-electron chi connectivity index (χ4n) is 3.40. The Morgan fingerprint density at radius 2 is 1.85 bits per heavy atom. The molecular weight excluding hydrogens is 350 g/mol. The Balaban J connectivity index is 2.20. The molecule has 1 aromatic rings. The molecule has 7 heteroatoms. The minimum Gasteiger partial charge on any atom is -0.494 e. The van der Waals surface area contributed by atoms with Gasteiger partial charge in [0.1, 0.15) is 5.75 Å². The zero-order valence-corrected chi connectivity index (χ0v) is 17.3. The molecule has 0 bridgehead atoms. The first-order valence-electron chi connectivity index (χ1n) is 9.50. The van der Waals surface area contributed by atoms with Gasteiger partial charge in [0.05, 0.1) is 11.5 Å². The van der Waals surface area contributed by atoms with Gasteiger partial charge in [-0.15, -0.1) is 0 Å². The summed E-state index contributed by atoms with van der Waals surface area (Å²) < 4.78 is 33.6. The number of nitrogens with zero attached hydrogens (tertiary/aromatic N) is 3. The lowest BCUT2D eigenvalue weighted by atomic mass is 10.2. The molecule has 1 aliphatic heterocycles. The van der Waals surface area contributed by atoms with Crippen molar-refractivity contribution in [3.05, 3.63) is 24.3 Å². The van der Waals surface area contributed by atoms with Crippen molar-refractivity contribution in [2.45, 2.75) is 37.6 Å². The summed E-state index contributed by atoms with van der Waals surface area (Å²) in [6.45, 7) is 8.40. The van der Waals surface area contributed by atoms with Gasteiger partial charge in [0.25, 0.3) is 0 Å². The summed E-state index contributed by atoms with van der Waals surface area (Å²) in [6.07, 6.45) is 2.20. The first-order valence-corrected chi connectivity index (χ1v) is 10.9. The van der Waals surface area contributed by atoms with Crippen LogP contribution in [0.4, 0.5) is 0 Å². The van der Waals surface area contributed by atoms with Crippen LogP contribution in [-0.4, -0.2) is 82.0 Å². The minimum absolute atomic E-state index is 0.305. The Morgan fingerprint density at radius 3 is 2.42 bits per heavy atom. The second kappa shape index (κ2) is 9.69. The Bertz CT molecular complexity index is 646. The zero-order valence-electron chi connectivity index (χ0n) is 16.5. The van der Waals surface area contributed by atoms with E-state index < -0.39 is 10.0 Å². The molecule has 0 spiro atoms. The van der Waals surface area contributed by atoms with Gasteiger partial charge in [-0.05, 0) is 71.2 Å². The molecule has 1 heterocycles. The van der Waals surface area contributed by atoms with Crippen molar-refractivity contribution >= 4 is 10.0 Å². The maximum absolute atomic E-state index is 13.2. The Hall–Kier alpha value is -1.15. The molecule has 0 aromatic heterocycles. The standard InChI is InChI=1S/C19H33N3O3S/c1-5-21-13-7-8-17(21)16-22(15-14-20(3)4)26(23,24)19-11-9-18(10-12-19)25-6-2/h9-12,17H,5-8,13-16H2,1-4H3/t17-/m0/s1. The smallest absolute Gasteiger partial charge is 0.243 e. The average molecular weight is 384 g/mol. The summed E-state index contributed by atoms with van der Waals surface area (Å²) >= 11 is 0. The monoisotopic (exact) mass is 383 g/mol. The predicted molar refractivity (Wildman–Crippen MR) is 105 cm³/mol. The summed E-state index contributed by atoms with van der Waals surface area (Å²) in [5, 5.41) is 0. The van der Waals surface area contributed by atoms with Crippen LogP contribution in [0.15, 0.2) is 29.2 Å². The molecule has 26 heavy (non-hydrogen) atoms. The van der Waals surface area contributed by atoms with Gasteiger partial charge in [-0.1, -0.05) is 6.92 Å². The Morgan fingerprint density at radius 1 is 1.15 bits per heavy atom. The SMILES string of the molecule is CCOc1ccc(S(=O)(=O)N(CCN(C)C)C[C@@H]2CCCN2CC)cc1. The van der Waals surface area contributed by atoms with Crippen LogP contribution in [0.25, 0.3) is 0 Å². The fraction of sp³-hybridized carbons (Fsp3) is 0.684. The molecule has 2 rings (SSSR count). The molecule has 1 fully saturated rings. The van der Waals surface area contributed by atoms with Gasteiger partial charge in [-0.3, -0.25) is 4.90 Å². The van der Waals surface area contributed by atoms with Crippen molar-refractivity contribution < 1.29 is 13.2 Å². The largest absolute Gasteiger partial charge is 0.494 e. The molecule has 0 amide bonds. The van der Waals surface area contributed by atoms with Gasteiger partial charge in [0.2, 0.25) is 10.0 Å². The van der Waals surface area contributed by atoms with Gasteiger partial charge in [0, 0.05) is 25.7 Å². The van der Waals surface area contributed by atoms with Crippen molar-refractivity contribution in [3.8, 4) is 5.75 Å². The van der Waals surface area contributed by atoms with Crippen LogP contribution >= 0.6 is 0 Å². The first-order chi connectivity index (χ1) is 12.4. The number of hydrogen-bond donors (Lipinski definition) is 0.